The quantitative estimate of drug-likeness (QED) is 0.592. The van der Waals surface area contributed by atoms with Crippen LogP contribution in [-0.4, -0.2) is 53.2 Å². The molecule has 0 saturated heterocycles. The van der Waals surface area contributed by atoms with Gasteiger partial charge in [0, 0.05) is 38.9 Å². The van der Waals surface area contributed by atoms with E-state index in [0.717, 1.165) is 35.5 Å². The molecule has 1 heterocycles. The van der Waals surface area contributed by atoms with Crippen molar-refractivity contribution in [3.63, 3.8) is 0 Å². The van der Waals surface area contributed by atoms with Crippen molar-refractivity contribution in [1.82, 2.24) is 25.3 Å². The predicted octanol–water partition coefficient (Wildman–Crippen LogP) is 1.29. The lowest BCUT2D eigenvalue weighted by molar-refractivity contribution is -0.127. The highest BCUT2D eigenvalue weighted by Crippen LogP contribution is 2.44. The van der Waals surface area contributed by atoms with Gasteiger partial charge in [-0.25, -0.2) is 4.99 Å². The van der Waals surface area contributed by atoms with Gasteiger partial charge in [0.15, 0.2) is 5.96 Å². The fourth-order valence-electron chi connectivity index (χ4n) is 4.24. The third kappa shape index (κ3) is 4.37. The van der Waals surface area contributed by atoms with Gasteiger partial charge in [0.2, 0.25) is 5.91 Å². The number of nitrogens with one attached hydrogen (secondary N) is 2. The first-order valence-corrected chi connectivity index (χ1v) is 9.72. The topological polar surface area (TPSA) is 74.5 Å². The molecule has 2 N–H and O–H groups in total. The first kappa shape index (κ1) is 18.7. The molecule has 3 unspecified atom stereocenters. The molecule has 7 heteroatoms. The minimum atomic E-state index is 0.0445. The number of hydrogen-bond donors (Lipinski definition) is 2. The fourth-order valence-corrected chi connectivity index (χ4v) is 4.24. The molecule has 2 saturated carbocycles. The van der Waals surface area contributed by atoms with E-state index in [-0.39, 0.29) is 12.5 Å². The second-order valence-corrected chi connectivity index (χ2v) is 7.86. The minimum absolute atomic E-state index is 0.0445. The van der Waals surface area contributed by atoms with Crippen molar-refractivity contribution in [2.75, 3.05) is 20.6 Å². The number of guanidine groups is 1. The van der Waals surface area contributed by atoms with Gasteiger partial charge < -0.3 is 15.5 Å². The van der Waals surface area contributed by atoms with Crippen LogP contribution < -0.4 is 10.6 Å². The van der Waals surface area contributed by atoms with Crippen LogP contribution in [0.2, 0.25) is 0 Å². The number of carbonyl (C=O) groups excluding carboxylic acids is 1. The summed E-state index contributed by atoms with van der Waals surface area (Å²) in [7, 11) is 5.48. The number of aliphatic imine (C=N–C) groups is 1. The Morgan fingerprint density at radius 2 is 2.19 bits per heavy atom. The van der Waals surface area contributed by atoms with Gasteiger partial charge in [-0.3, -0.25) is 9.48 Å². The normalized spacial score (nSPS) is 24.8. The highest BCUT2D eigenvalue weighted by molar-refractivity contribution is 5.86. The number of aryl methyl sites for hydroxylation is 2. The van der Waals surface area contributed by atoms with E-state index in [1.165, 1.54) is 25.7 Å². The molecule has 2 bridgehead atoms. The zero-order valence-electron chi connectivity index (χ0n) is 16.5. The van der Waals surface area contributed by atoms with Crippen LogP contribution >= 0.6 is 0 Å². The number of likely N-dealkylation sites (N-methyl/N-ethyl adjacent to an activating group) is 1. The third-order valence-corrected chi connectivity index (χ3v) is 5.70. The summed E-state index contributed by atoms with van der Waals surface area (Å²) in [5.41, 5.74) is 2.22. The number of amides is 1. The van der Waals surface area contributed by atoms with Crippen LogP contribution in [0.1, 0.15) is 43.9 Å². The second-order valence-electron chi connectivity index (χ2n) is 7.86. The summed E-state index contributed by atoms with van der Waals surface area (Å²) in [6, 6.07) is 0.481. The van der Waals surface area contributed by atoms with Gasteiger partial charge in [0.25, 0.3) is 0 Å². The van der Waals surface area contributed by atoms with Crippen molar-refractivity contribution >= 4 is 11.9 Å². The Labute approximate surface area is 156 Å². The molecule has 7 nitrogen and oxygen atoms in total. The van der Waals surface area contributed by atoms with E-state index in [9.17, 15) is 4.79 Å². The number of fused-ring (bicyclic) bond motifs is 2. The molecule has 2 aliphatic carbocycles. The molecule has 0 aliphatic heterocycles. The van der Waals surface area contributed by atoms with Crippen molar-refractivity contribution in [2.24, 2.45) is 23.9 Å². The molecule has 0 radical (unpaired) electrons. The summed E-state index contributed by atoms with van der Waals surface area (Å²) in [6.45, 7) is 2.94. The largest absolute Gasteiger partial charge is 0.353 e. The summed E-state index contributed by atoms with van der Waals surface area (Å²) >= 11 is 0. The maximum atomic E-state index is 12.0. The zero-order chi connectivity index (χ0) is 18.7. The summed E-state index contributed by atoms with van der Waals surface area (Å²) in [4.78, 5) is 18.3. The lowest BCUT2D eigenvalue weighted by atomic mass is 9.95. The van der Waals surface area contributed by atoms with Crippen LogP contribution in [0.15, 0.2) is 11.2 Å². The van der Waals surface area contributed by atoms with Crippen molar-refractivity contribution < 1.29 is 4.79 Å². The summed E-state index contributed by atoms with van der Waals surface area (Å²) in [5.74, 6) is 2.40. The standard InChI is InChI=1S/C19H32N6O/c1-5-16-15(12-25(4)23-16)10-20-19(21-11-18(26)24(2)3)22-17-9-13-6-7-14(17)8-13/h12-14,17H,5-11H2,1-4H3,(H2,20,21,22). The van der Waals surface area contributed by atoms with E-state index in [4.69, 9.17) is 4.99 Å². The number of aromatic nitrogens is 2. The van der Waals surface area contributed by atoms with Gasteiger partial charge in [-0.05, 0) is 37.5 Å². The highest BCUT2D eigenvalue weighted by Gasteiger charge is 2.39. The van der Waals surface area contributed by atoms with Gasteiger partial charge in [-0.2, -0.15) is 5.10 Å². The van der Waals surface area contributed by atoms with Crippen LogP contribution in [0, 0.1) is 11.8 Å². The molecule has 1 aromatic heterocycles. The van der Waals surface area contributed by atoms with E-state index in [1.54, 1.807) is 19.0 Å². The van der Waals surface area contributed by atoms with E-state index in [1.807, 2.05) is 17.9 Å². The maximum Gasteiger partial charge on any atom is 0.241 e. The number of nitrogens with zero attached hydrogens (tertiary/aromatic N) is 4. The van der Waals surface area contributed by atoms with Crippen molar-refractivity contribution in [1.29, 1.82) is 0 Å². The van der Waals surface area contributed by atoms with Gasteiger partial charge in [-0.1, -0.05) is 13.3 Å². The smallest absolute Gasteiger partial charge is 0.241 e. The predicted molar refractivity (Wildman–Crippen MR) is 103 cm³/mol. The molecule has 2 aliphatic rings. The van der Waals surface area contributed by atoms with Gasteiger partial charge in [-0.15, -0.1) is 0 Å². The molecular formula is C19H32N6O. The van der Waals surface area contributed by atoms with Gasteiger partial charge in [0.05, 0.1) is 18.8 Å². The monoisotopic (exact) mass is 360 g/mol. The number of hydrogen-bond acceptors (Lipinski definition) is 3. The summed E-state index contributed by atoms with van der Waals surface area (Å²) < 4.78 is 1.84. The SMILES string of the molecule is CCc1nn(C)cc1CN=C(NCC(=O)N(C)C)NC1CC2CCC1C2. The molecule has 144 valence electrons. The van der Waals surface area contributed by atoms with Crippen molar-refractivity contribution in [3.05, 3.63) is 17.5 Å². The molecule has 0 spiro atoms. The summed E-state index contributed by atoms with van der Waals surface area (Å²) in [6.07, 6.45) is 8.17. The maximum absolute atomic E-state index is 12.0. The number of rotatable bonds is 6. The molecule has 26 heavy (non-hydrogen) atoms. The molecule has 2 fully saturated rings. The van der Waals surface area contributed by atoms with E-state index >= 15 is 0 Å². The van der Waals surface area contributed by atoms with Crippen LogP contribution in [0.3, 0.4) is 0 Å². The Balaban J connectivity index is 1.67. The van der Waals surface area contributed by atoms with Crippen LogP contribution in [0.4, 0.5) is 0 Å². The average Bonchev–Trinajstić information content (AvgIpc) is 3.31. The first-order chi connectivity index (χ1) is 12.5. The molecule has 3 atom stereocenters. The summed E-state index contributed by atoms with van der Waals surface area (Å²) in [5, 5.41) is 11.3. The Morgan fingerprint density at radius 3 is 2.81 bits per heavy atom. The first-order valence-electron chi connectivity index (χ1n) is 9.72. The van der Waals surface area contributed by atoms with E-state index < -0.39 is 0 Å². The van der Waals surface area contributed by atoms with E-state index in [0.29, 0.717) is 12.6 Å². The Bertz CT molecular complexity index is 665. The fraction of sp³-hybridized carbons (Fsp3) is 0.737. The lowest BCUT2D eigenvalue weighted by Crippen LogP contribution is -2.48. The Hall–Kier alpha value is -2.05. The zero-order valence-corrected chi connectivity index (χ0v) is 16.5. The van der Waals surface area contributed by atoms with Crippen LogP contribution in [0.5, 0.6) is 0 Å². The van der Waals surface area contributed by atoms with Gasteiger partial charge in [0.1, 0.15) is 0 Å². The second kappa shape index (κ2) is 8.10. The van der Waals surface area contributed by atoms with Crippen molar-refractivity contribution in [3.8, 4) is 0 Å². The van der Waals surface area contributed by atoms with Crippen LogP contribution in [-0.2, 0) is 24.8 Å². The molecule has 3 rings (SSSR count). The average molecular weight is 361 g/mol. The molecule has 1 amide bonds. The molecule has 0 aromatic carbocycles. The van der Waals surface area contributed by atoms with Crippen molar-refractivity contribution in [2.45, 2.75) is 51.6 Å². The number of carbonyl (C=O) groups is 1. The highest BCUT2D eigenvalue weighted by atomic mass is 16.2. The lowest BCUT2D eigenvalue weighted by Gasteiger charge is -2.25. The third-order valence-electron chi connectivity index (χ3n) is 5.70. The van der Waals surface area contributed by atoms with E-state index in [2.05, 4.69) is 22.7 Å². The minimum Gasteiger partial charge on any atom is -0.353 e. The Morgan fingerprint density at radius 1 is 1.38 bits per heavy atom. The molecule has 1 aromatic rings. The Kier molecular flexibility index (Phi) is 5.84. The van der Waals surface area contributed by atoms with Gasteiger partial charge >= 0.3 is 0 Å². The van der Waals surface area contributed by atoms with Crippen LogP contribution in [0.25, 0.3) is 0 Å². The molecular weight excluding hydrogens is 328 g/mol.